The van der Waals surface area contributed by atoms with E-state index < -0.39 is 0 Å². The van der Waals surface area contributed by atoms with E-state index in [4.69, 9.17) is 9.47 Å². The van der Waals surface area contributed by atoms with Gasteiger partial charge in [0, 0.05) is 17.3 Å². The van der Waals surface area contributed by atoms with Gasteiger partial charge < -0.3 is 9.47 Å². The number of hydrogen-bond acceptors (Lipinski definition) is 4. The van der Waals surface area contributed by atoms with Crippen LogP contribution in [0.5, 0.6) is 11.5 Å². The molecule has 0 amide bonds. The molecule has 2 aromatic carbocycles. The number of benzene rings is 2. The number of nitrogens with zero attached hydrogens (tertiary/aromatic N) is 2. The first-order valence-corrected chi connectivity index (χ1v) is 6.92. The summed E-state index contributed by atoms with van der Waals surface area (Å²) in [6.45, 7) is 0. The minimum absolute atomic E-state index is 0.691. The van der Waals surface area contributed by atoms with Crippen molar-refractivity contribution in [2.75, 3.05) is 14.2 Å². The summed E-state index contributed by atoms with van der Waals surface area (Å²) >= 11 is 0. The molecular formula is C18H16N2O2. The molecule has 0 N–H and O–H groups in total. The molecule has 0 atom stereocenters. The van der Waals surface area contributed by atoms with Gasteiger partial charge in [0.15, 0.2) is 5.82 Å². The Bertz CT molecular complexity index is 690. The van der Waals surface area contributed by atoms with Crippen molar-refractivity contribution in [2.24, 2.45) is 0 Å². The standard InChI is InChI=1S/C18H16N2O2/c1-21-15-7-3-13(4-8-15)17-11-12-19-18(20-17)14-5-9-16(22-2)10-6-14/h3-12H,1-2H3. The summed E-state index contributed by atoms with van der Waals surface area (Å²) in [6.07, 6.45) is 1.77. The first-order valence-electron chi connectivity index (χ1n) is 6.92. The maximum absolute atomic E-state index is 5.18. The van der Waals surface area contributed by atoms with Gasteiger partial charge in [0.25, 0.3) is 0 Å². The van der Waals surface area contributed by atoms with Crippen LogP contribution in [0.1, 0.15) is 0 Å². The van der Waals surface area contributed by atoms with Crippen LogP contribution < -0.4 is 9.47 Å². The van der Waals surface area contributed by atoms with Crippen molar-refractivity contribution in [2.45, 2.75) is 0 Å². The lowest BCUT2D eigenvalue weighted by Crippen LogP contribution is -1.92. The summed E-state index contributed by atoms with van der Waals surface area (Å²) in [6, 6.07) is 17.4. The van der Waals surface area contributed by atoms with Crippen LogP contribution in [-0.4, -0.2) is 24.2 Å². The van der Waals surface area contributed by atoms with Crippen molar-refractivity contribution in [1.29, 1.82) is 0 Å². The van der Waals surface area contributed by atoms with Gasteiger partial charge in [-0.05, 0) is 54.6 Å². The van der Waals surface area contributed by atoms with E-state index in [0.717, 1.165) is 28.3 Å². The minimum Gasteiger partial charge on any atom is -0.497 e. The van der Waals surface area contributed by atoms with Crippen molar-refractivity contribution in [3.8, 4) is 34.1 Å². The second-order valence-electron chi connectivity index (χ2n) is 4.72. The quantitative estimate of drug-likeness (QED) is 0.733. The summed E-state index contributed by atoms with van der Waals surface area (Å²) in [4.78, 5) is 8.98. The third kappa shape index (κ3) is 2.91. The van der Waals surface area contributed by atoms with Gasteiger partial charge >= 0.3 is 0 Å². The Morgan fingerprint density at radius 2 is 1.23 bits per heavy atom. The van der Waals surface area contributed by atoms with Crippen molar-refractivity contribution in [1.82, 2.24) is 9.97 Å². The fourth-order valence-electron chi connectivity index (χ4n) is 2.16. The van der Waals surface area contributed by atoms with Crippen LogP contribution in [0.25, 0.3) is 22.6 Å². The van der Waals surface area contributed by atoms with Crippen molar-refractivity contribution in [3.05, 3.63) is 60.8 Å². The topological polar surface area (TPSA) is 44.2 Å². The molecule has 3 aromatic rings. The van der Waals surface area contributed by atoms with Gasteiger partial charge in [-0.25, -0.2) is 9.97 Å². The van der Waals surface area contributed by atoms with Gasteiger partial charge in [0.1, 0.15) is 11.5 Å². The maximum atomic E-state index is 5.18. The molecule has 0 saturated heterocycles. The van der Waals surface area contributed by atoms with E-state index in [1.807, 2.05) is 54.6 Å². The van der Waals surface area contributed by atoms with E-state index in [-0.39, 0.29) is 0 Å². The lowest BCUT2D eigenvalue weighted by molar-refractivity contribution is 0.415. The molecule has 0 aliphatic rings. The highest BCUT2D eigenvalue weighted by Gasteiger charge is 2.05. The van der Waals surface area contributed by atoms with Gasteiger partial charge in [-0.3, -0.25) is 0 Å². The summed E-state index contributed by atoms with van der Waals surface area (Å²) in [5.74, 6) is 2.33. The fourth-order valence-corrected chi connectivity index (χ4v) is 2.16. The van der Waals surface area contributed by atoms with Gasteiger partial charge in [0.2, 0.25) is 0 Å². The zero-order valence-corrected chi connectivity index (χ0v) is 12.5. The minimum atomic E-state index is 0.691. The molecule has 1 aromatic heterocycles. The van der Waals surface area contributed by atoms with Gasteiger partial charge in [-0.15, -0.1) is 0 Å². The van der Waals surface area contributed by atoms with Crippen LogP contribution in [-0.2, 0) is 0 Å². The third-order valence-electron chi connectivity index (χ3n) is 3.39. The molecule has 1 heterocycles. The zero-order chi connectivity index (χ0) is 15.4. The molecule has 3 rings (SSSR count). The van der Waals surface area contributed by atoms with Crippen LogP contribution in [0, 0.1) is 0 Å². The van der Waals surface area contributed by atoms with E-state index in [0.29, 0.717) is 5.82 Å². The molecule has 0 unspecified atom stereocenters. The molecule has 110 valence electrons. The normalized spacial score (nSPS) is 10.3. The van der Waals surface area contributed by atoms with Crippen LogP contribution in [0.2, 0.25) is 0 Å². The molecular weight excluding hydrogens is 276 g/mol. The van der Waals surface area contributed by atoms with E-state index in [9.17, 15) is 0 Å². The Hall–Kier alpha value is -2.88. The second-order valence-corrected chi connectivity index (χ2v) is 4.72. The summed E-state index contributed by atoms with van der Waals surface area (Å²) in [5, 5.41) is 0. The Balaban J connectivity index is 1.93. The Kier molecular flexibility index (Phi) is 4.01. The summed E-state index contributed by atoms with van der Waals surface area (Å²) in [5.41, 5.74) is 2.86. The molecule has 0 aliphatic carbocycles. The van der Waals surface area contributed by atoms with Crippen LogP contribution in [0.3, 0.4) is 0 Å². The monoisotopic (exact) mass is 292 g/mol. The largest absolute Gasteiger partial charge is 0.497 e. The van der Waals surface area contributed by atoms with Crippen LogP contribution in [0.4, 0.5) is 0 Å². The molecule has 4 nitrogen and oxygen atoms in total. The molecule has 0 aliphatic heterocycles. The average Bonchev–Trinajstić information content (AvgIpc) is 2.62. The first kappa shape index (κ1) is 14.1. The second kappa shape index (κ2) is 6.26. The molecule has 0 fully saturated rings. The molecule has 4 heteroatoms. The Morgan fingerprint density at radius 3 is 1.77 bits per heavy atom. The van der Waals surface area contributed by atoms with Crippen molar-refractivity contribution < 1.29 is 9.47 Å². The number of ether oxygens (including phenoxy) is 2. The number of hydrogen-bond donors (Lipinski definition) is 0. The Morgan fingerprint density at radius 1 is 0.682 bits per heavy atom. The van der Waals surface area contributed by atoms with E-state index in [1.54, 1.807) is 20.4 Å². The van der Waals surface area contributed by atoms with Gasteiger partial charge in [-0.1, -0.05) is 0 Å². The SMILES string of the molecule is COc1ccc(-c2ccnc(-c3ccc(OC)cc3)n2)cc1. The molecule has 0 spiro atoms. The summed E-state index contributed by atoms with van der Waals surface area (Å²) < 4.78 is 10.3. The fraction of sp³-hybridized carbons (Fsp3) is 0.111. The van der Waals surface area contributed by atoms with E-state index in [1.165, 1.54) is 0 Å². The van der Waals surface area contributed by atoms with Crippen LogP contribution >= 0.6 is 0 Å². The highest BCUT2D eigenvalue weighted by molar-refractivity contribution is 5.64. The Labute approximate surface area is 129 Å². The maximum Gasteiger partial charge on any atom is 0.159 e. The van der Waals surface area contributed by atoms with Gasteiger partial charge in [-0.2, -0.15) is 0 Å². The third-order valence-corrected chi connectivity index (χ3v) is 3.39. The average molecular weight is 292 g/mol. The smallest absolute Gasteiger partial charge is 0.159 e. The summed E-state index contributed by atoms with van der Waals surface area (Å²) in [7, 11) is 3.30. The predicted octanol–water partition coefficient (Wildman–Crippen LogP) is 3.83. The first-order chi connectivity index (χ1) is 10.8. The number of aromatic nitrogens is 2. The lowest BCUT2D eigenvalue weighted by atomic mass is 10.1. The lowest BCUT2D eigenvalue weighted by Gasteiger charge is -2.06. The molecule has 0 saturated carbocycles. The van der Waals surface area contributed by atoms with E-state index >= 15 is 0 Å². The molecule has 0 bridgehead atoms. The van der Waals surface area contributed by atoms with Crippen LogP contribution in [0.15, 0.2) is 60.8 Å². The molecule has 22 heavy (non-hydrogen) atoms. The van der Waals surface area contributed by atoms with Crippen molar-refractivity contribution >= 4 is 0 Å². The highest BCUT2D eigenvalue weighted by Crippen LogP contribution is 2.24. The van der Waals surface area contributed by atoms with Crippen molar-refractivity contribution in [3.63, 3.8) is 0 Å². The predicted molar refractivity (Wildman–Crippen MR) is 86.0 cm³/mol. The van der Waals surface area contributed by atoms with E-state index in [2.05, 4.69) is 9.97 Å². The number of rotatable bonds is 4. The highest BCUT2D eigenvalue weighted by atomic mass is 16.5. The molecule has 0 radical (unpaired) electrons. The number of methoxy groups -OCH3 is 2. The van der Waals surface area contributed by atoms with Gasteiger partial charge in [0.05, 0.1) is 19.9 Å². The zero-order valence-electron chi connectivity index (χ0n) is 12.5.